The Morgan fingerprint density at radius 1 is 1.08 bits per heavy atom. The standard InChI is InChI=1S/C17H15N7OS/c1-10-8-14(26-24-10)23-17(25)22-12-5-2-11(3-6-12)4-7-13-15(18)20-9-21-16(13)19/h2-3,5-6,8-9H,1H3,(H2,22,23,25)(H4,18,19,20,21). The summed E-state index contributed by atoms with van der Waals surface area (Å²) in [6.45, 7) is 1.86. The van der Waals surface area contributed by atoms with Crippen LogP contribution in [0.25, 0.3) is 0 Å². The molecule has 0 aliphatic carbocycles. The molecule has 3 rings (SSSR count). The highest BCUT2D eigenvalue weighted by Crippen LogP contribution is 2.16. The van der Waals surface area contributed by atoms with Crippen LogP contribution in [0.5, 0.6) is 0 Å². The topological polar surface area (TPSA) is 132 Å². The van der Waals surface area contributed by atoms with Crippen molar-refractivity contribution in [3.05, 3.63) is 53.5 Å². The largest absolute Gasteiger partial charge is 0.382 e. The molecule has 130 valence electrons. The van der Waals surface area contributed by atoms with Crippen molar-refractivity contribution in [3.8, 4) is 11.8 Å². The number of amides is 2. The second-order valence-corrected chi connectivity index (χ2v) is 6.06. The van der Waals surface area contributed by atoms with Crippen molar-refractivity contribution in [2.24, 2.45) is 0 Å². The van der Waals surface area contributed by atoms with E-state index in [1.54, 1.807) is 30.3 Å². The minimum atomic E-state index is -0.338. The lowest BCUT2D eigenvalue weighted by atomic mass is 10.2. The molecule has 0 unspecified atom stereocenters. The van der Waals surface area contributed by atoms with Gasteiger partial charge in [0.15, 0.2) is 0 Å². The smallest absolute Gasteiger partial charge is 0.324 e. The Labute approximate surface area is 153 Å². The maximum atomic E-state index is 11.9. The summed E-state index contributed by atoms with van der Waals surface area (Å²) in [5, 5.41) is 6.14. The molecule has 1 aromatic carbocycles. The minimum absolute atomic E-state index is 0.235. The number of nitrogen functional groups attached to an aromatic ring is 2. The number of rotatable bonds is 2. The van der Waals surface area contributed by atoms with E-state index in [1.807, 2.05) is 6.92 Å². The van der Waals surface area contributed by atoms with E-state index in [-0.39, 0.29) is 17.7 Å². The summed E-state index contributed by atoms with van der Waals surface area (Å²) in [7, 11) is 0. The minimum Gasteiger partial charge on any atom is -0.382 e. The molecule has 0 aliphatic rings. The summed E-state index contributed by atoms with van der Waals surface area (Å²) in [4.78, 5) is 19.7. The van der Waals surface area contributed by atoms with Crippen LogP contribution >= 0.6 is 11.5 Å². The number of carbonyl (C=O) groups is 1. The van der Waals surface area contributed by atoms with Crippen LogP contribution < -0.4 is 22.1 Å². The van der Waals surface area contributed by atoms with Gasteiger partial charge in [0.25, 0.3) is 0 Å². The fourth-order valence-corrected chi connectivity index (χ4v) is 2.67. The summed E-state index contributed by atoms with van der Waals surface area (Å²) in [5.74, 6) is 6.27. The number of carbonyl (C=O) groups excluding carboxylic acids is 1. The van der Waals surface area contributed by atoms with Crippen LogP contribution in [0, 0.1) is 18.8 Å². The van der Waals surface area contributed by atoms with Crippen molar-refractivity contribution in [1.29, 1.82) is 0 Å². The molecule has 0 saturated carbocycles. The van der Waals surface area contributed by atoms with Crippen LogP contribution in [0.15, 0.2) is 36.7 Å². The molecule has 0 radical (unpaired) electrons. The van der Waals surface area contributed by atoms with Crippen molar-refractivity contribution in [1.82, 2.24) is 14.3 Å². The number of nitrogens with zero attached hydrogens (tertiary/aromatic N) is 3. The van der Waals surface area contributed by atoms with Crippen LogP contribution in [0.2, 0.25) is 0 Å². The lowest BCUT2D eigenvalue weighted by Crippen LogP contribution is -2.18. The summed E-state index contributed by atoms with van der Waals surface area (Å²) < 4.78 is 4.10. The van der Waals surface area contributed by atoms with Crippen LogP contribution in [0.3, 0.4) is 0 Å². The zero-order valence-electron chi connectivity index (χ0n) is 13.8. The Kier molecular flexibility index (Phi) is 4.96. The number of benzene rings is 1. The van der Waals surface area contributed by atoms with E-state index in [2.05, 4.69) is 36.8 Å². The third-order valence-electron chi connectivity index (χ3n) is 3.25. The van der Waals surface area contributed by atoms with E-state index in [9.17, 15) is 4.79 Å². The molecule has 0 bridgehead atoms. The Morgan fingerprint density at radius 3 is 2.38 bits per heavy atom. The fourth-order valence-electron chi connectivity index (χ4n) is 2.01. The van der Waals surface area contributed by atoms with Gasteiger partial charge in [-0.2, -0.15) is 4.37 Å². The van der Waals surface area contributed by atoms with Crippen molar-refractivity contribution in [2.45, 2.75) is 6.92 Å². The number of nitrogens with one attached hydrogen (secondary N) is 2. The quantitative estimate of drug-likeness (QED) is 0.516. The van der Waals surface area contributed by atoms with Gasteiger partial charge in [0.1, 0.15) is 28.5 Å². The van der Waals surface area contributed by atoms with Crippen molar-refractivity contribution in [3.63, 3.8) is 0 Å². The number of anilines is 4. The van der Waals surface area contributed by atoms with E-state index >= 15 is 0 Å². The summed E-state index contributed by atoms with van der Waals surface area (Å²) in [5.41, 5.74) is 14.1. The molecule has 0 fully saturated rings. The average Bonchev–Trinajstić information content (AvgIpc) is 3.00. The van der Waals surface area contributed by atoms with Gasteiger partial charge < -0.3 is 16.8 Å². The van der Waals surface area contributed by atoms with Gasteiger partial charge in [-0.1, -0.05) is 11.8 Å². The Hall–Kier alpha value is -3.64. The first-order chi connectivity index (χ1) is 12.5. The summed E-state index contributed by atoms with van der Waals surface area (Å²) in [6, 6.07) is 8.50. The molecule has 2 amide bonds. The van der Waals surface area contributed by atoms with E-state index < -0.39 is 0 Å². The fraction of sp³-hybridized carbons (Fsp3) is 0.0588. The van der Waals surface area contributed by atoms with Gasteiger partial charge in [-0.3, -0.25) is 5.32 Å². The highest BCUT2D eigenvalue weighted by molar-refractivity contribution is 7.10. The van der Waals surface area contributed by atoms with Gasteiger partial charge in [0.2, 0.25) is 0 Å². The molecule has 2 aromatic heterocycles. The Morgan fingerprint density at radius 2 is 1.77 bits per heavy atom. The zero-order valence-corrected chi connectivity index (χ0v) is 14.6. The first kappa shape index (κ1) is 17.2. The van der Waals surface area contributed by atoms with E-state index in [0.29, 0.717) is 16.3 Å². The average molecular weight is 365 g/mol. The number of hydrogen-bond donors (Lipinski definition) is 4. The zero-order chi connectivity index (χ0) is 18.5. The van der Waals surface area contributed by atoms with Gasteiger partial charge in [-0.25, -0.2) is 14.8 Å². The molecule has 8 nitrogen and oxygen atoms in total. The van der Waals surface area contributed by atoms with Crippen LogP contribution in [-0.4, -0.2) is 20.4 Å². The number of hydrogen-bond acceptors (Lipinski definition) is 7. The summed E-state index contributed by atoms with van der Waals surface area (Å²) in [6.07, 6.45) is 1.29. The lowest BCUT2D eigenvalue weighted by Gasteiger charge is -2.05. The van der Waals surface area contributed by atoms with E-state index in [4.69, 9.17) is 11.5 Å². The predicted molar refractivity (Wildman–Crippen MR) is 103 cm³/mol. The predicted octanol–water partition coefficient (Wildman–Crippen LogP) is 2.45. The molecule has 9 heteroatoms. The number of nitrogens with two attached hydrogens (primary N) is 2. The van der Waals surface area contributed by atoms with Crippen LogP contribution in [-0.2, 0) is 0 Å². The molecular formula is C17H15N7OS. The van der Waals surface area contributed by atoms with Crippen molar-refractivity contribution in [2.75, 3.05) is 22.1 Å². The molecular weight excluding hydrogens is 350 g/mol. The van der Waals surface area contributed by atoms with Crippen molar-refractivity contribution < 1.29 is 4.79 Å². The maximum Gasteiger partial charge on any atom is 0.324 e. The molecule has 0 aliphatic heterocycles. The van der Waals surface area contributed by atoms with Gasteiger partial charge in [0.05, 0.1) is 5.69 Å². The molecule has 0 saturated heterocycles. The highest BCUT2D eigenvalue weighted by Gasteiger charge is 2.05. The Bertz CT molecular complexity index is 982. The molecule has 0 spiro atoms. The van der Waals surface area contributed by atoms with Gasteiger partial charge in [-0.05, 0) is 48.8 Å². The SMILES string of the molecule is Cc1cc(NC(=O)Nc2ccc(C#Cc3c(N)ncnc3N)cc2)sn1. The monoisotopic (exact) mass is 365 g/mol. The first-order valence-corrected chi connectivity index (χ1v) is 8.28. The Balaban J connectivity index is 1.65. The molecule has 0 atom stereocenters. The number of aromatic nitrogens is 3. The maximum absolute atomic E-state index is 11.9. The van der Waals surface area contributed by atoms with E-state index in [0.717, 1.165) is 11.3 Å². The van der Waals surface area contributed by atoms with Gasteiger partial charge >= 0.3 is 6.03 Å². The number of urea groups is 1. The lowest BCUT2D eigenvalue weighted by molar-refractivity contribution is 0.262. The van der Waals surface area contributed by atoms with Crippen molar-refractivity contribution >= 4 is 39.9 Å². The second kappa shape index (κ2) is 7.50. The third-order valence-corrected chi connectivity index (χ3v) is 4.04. The second-order valence-electron chi connectivity index (χ2n) is 5.26. The number of aryl methyl sites for hydroxylation is 1. The molecule has 6 N–H and O–H groups in total. The summed E-state index contributed by atoms with van der Waals surface area (Å²) >= 11 is 1.23. The van der Waals surface area contributed by atoms with Gasteiger partial charge in [-0.15, -0.1) is 0 Å². The normalized spacial score (nSPS) is 9.88. The highest BCUT2D eigenvalue weighted by atomic mass is 32.1. The molecule has 26 heavy (non-hydrogen) atoms. The molecule has 3 aromatic rings. The van der Waals surface area contributed by atoms with Crippen LogP contribution in [0.4, 0.5) is 27.1 Å². The third kappa shape index (κ3) is 4.25. The first-order valence-electron chi connectivity index (χ1n) is 7.50. The molecule has 2 heterocycles. The van der Waals surface area contributed by atoms with E-state index in [1.165, 1.54) is 17.9 Å². The van der Waals surface area contributed by atoms with Crippen LogP contribution in [0.1, 0.15) is 16.8 Å². The van der Waals surface area contributed by atoms with Gasteiger partial charge in [0, 0.05) is 11.3 Å².